The normalized spacial score (nSPS) is 12.0. The maximum atomic E-state index is 10.9. The van der Waals surface area contributed by atoms with Gasteiger partial charge in [0.2, 0.25) is 9.05 Å². The average Bonchev–Trinajstić information content (AvgIpc) is 2.75. The van der Waals surface area contributed by atoms with Crippen LogP contribution in [0.1, 0.15) is 31.0 Å². The Kier molecular flexibility index (Phi) is 3.96. The van der Waals surface area contributed by atoms with Gasteiger partial charge in [0.25, 0.3) is 0 Å². The number of benzene rings is 1. The number of halogens is 1. The van der Waals surface area contributed by atoms with Crippen LogP contribution in [0.2, 0.25) is 0 Å². The van der Waals surface area contributed by atoms with E-state index in [1.165, 1.54) is 5.56 Å². The molecule has 1 aromatic heterocycles. The minimum absolute atomic E-state index is 0.304. The second-order valence-corrected chi connectivity index (χ2v) is 7.42. The van der Waals surface area contributed by atoms with E-state index in [9.17, 15) is 8.42 Å². The van der Waals surface area contributed by atoms with Crippen molar-refractivity contribution in [3.8, 4) is 11.3 Å². The number of hydrogen-bond acceptors (Lipinski definition) is 4. The van der Waals surface area contributed by atoms with Gasteiger partial charge in [0.1, 0.15) is 11.4 Å². The molecule has 0 saturated heterocycles. The summed E-state index contributed by atoms with van der Waals surface area (Å²) in [5.74, 6) is 0.661. The molecule has 0 amide bonds. The van der Waals surface area contributed by atoms with E-state index in [2.05, 4.69) is 19.0 Å². The van der Waals surface area contributed by atoms with Crippen LogP contribution in [0.25, 0.3) is 11.3 Å². The standard InChI is InChI=1S/C13H14ClNO3S/c1-9(2)10-3-5-11(6-4-10)13-7-12(15-18-13)8-19(14,16)17/h3-7,9H,8H2,1-2H3. The van der Waals surface area contributed by atoms with Gasteiger partial charge in [-0.1, -0.05) is 43.3 Å². The number of aromatic nitrogens is 1. The lowest BCUT2D eigenvalue weighted by Crippen LogP contribution is -1.94. The molecule has 0 saturated carbocycles. The molecule has 0 aliphatic heterocycles. The quantitative estimate of drug-likeness (QED) is 0.810. The molecule has 0 aliphatic rings. The maximum absolute atomic E-state index is 10.9. The van der Waals surface area contributed by atoms with Crippen molar-refractivity contribution in [3.05, 3.63) is 41.6 Å². The predicted octanol–water partition coefficient (Wildman–Crippen LogP) is 3.53. The van der Waals surface area contributed by atoms with Crippen molar-refractivity contribution in [2.75, 3.05) is 0 Å². The first kappa shape index (κ1) is 14.1. The SMILES string of the molecule is CC(C)c1ccc(-c2cc(CS(=O)(=O)Cl)no2)cc1. The van der Waals surface area contributed by atoms with Crippen molar-refractivity contribution in [1.29, 1.82) is 0 Å². The first-order chi connectivity index (χ1) is 8.85. The van der Waals surface area contributed by atoms with E-state index in [1.807, 2.05) is 24.3 Å². The molecule has 0 spiro atoms. The van der Waals surface area contributed by atoms with E-state index >= 15 is 0 Å². The fourth-order valence-electron chi connectivity index (χ4n) is 1.72. The highest BCUT2D eigenvalue weighted by atomic mass is 35.7. The number of hydrogen-bond donors (Lipinski definition) is 0. The van der Waals surface area contributed by atoms with Crippen molar-refractivity contribution in [2.45, 2.75) is 25.5 Å². The highest BCUT2D eigenvalue weighted by Gasteiger charge is 2.13. The molecular formula is C13H14ClNO3S. The smallest absolute Gasteiger partial charge is 0.238 e. The Labute approximate surface area is 116 Å². The zero-order chi connectivity index (χ0) is 14.0. The van der Waals surface area contributed by atoms with Crippen LogP contribution in [-0.4, -0.2) is 13.6 Å². The highest BCUT2D eigenvalue weighted by Crippen LogP contribution is 2.24. The summed E-state index contributed by atoms with van der Waals surface area (Å²) < 4.78 is 27.0. The van der Waals surface area contributed by atoms with Crippen molar-refractivity contribution in [3.63, 3.8) is 0 Å². The molecule has 0 atom stereocenters. The molecule has 0 radical (unpaired) electrons. The Balaban J connectivity index is 2.23. The van der Waals surface area contributed by atoms with Gasteiger partial charge in [-0.3, -0.25) is 0 Å². The molecule has 2 rings (SSSR count). The van der Waals surface area contributed by atoms with Crippen molar-refractivity contribution >= 4 is 19.7 Å². The molecule has 0 bridgehead atoms. The van der Waals surface area contributed by atoms with Gasteiger partial charge in [0, 0.05) is 22.3 Å². The van der Waals surface area contributed by atoms with E-state index in [1.54, 1.807) is 6.07 Å². The van der Waals surface area contributed by atoms with Crippen LogP contribution in [0.3, 0.4) is 0 Å². The Bertz CT molecular complexity index is 659. The number of rotatable bonds is 4. The van der Waals surface area contributed by atoms with Gasteiger partial charge in [-0.2, -0.15) is 0 Å². The van der Waals surface area contributed by atoms with Crippen LogP contribution in [0.5, 0.6) is 0 Å². The van der Waals surface area contributed by atoms with E-state index < -0.39 is 9.05 Å². The first-order valence-electron chi connectivity index (χ1n) is 5.83. The summed E-state index contributed by atoms with van der Waals surface area (Å²) in [5, 5.41) is 3.70. The molecule has 2 aromatic rings. The summed E-state index contributed by atoms with van der Waals surface area (Å²) in [4.78, 5) is 0. The zero-order valence-electron chi connectivity index (χ0n) is 10.6. The first-order valence-corrected chi connectivity index (χ1v) is 8.31. The van der Waals surface area contributed by atoms with Crippen LogP contribution >= 0.6 is 10.7 Å². The fourth-order valence-corrected chi connectivity index (χ4v) is 2.55. The Hall–Kier alpha value is -1.33. The second-order valence-electron chi connectivity index (χ2n) is 4.64. The van der Waals surface area contributed by atoms with E-state index in [4.69, 9.17) is 15.2 Å². The van der Waals surface area contributed by atoms with Gasteiger partial charge in [0.15, 0.2) is 5.76 Å². The summed E-state index contributed by atoms with van der Waals surface area (Å²) in [5.41, 5.74) is 2.39. The van der Waals surface area contributed by atoms with Gasteiger partial charge in [-0.05, 0) is 11.5 Å². The lowest BCUT2D eigenvalue weighted by atomic mass is 10.0. The van der Waals surface area contributed by atoms with E-state index in [0.717, 1.165) is 5.56 Å². The third-order valence-corrected chi connectivity index (χ3v) is 3.71. The lowest BCUT2D eigenvalue weighted by Gasteiger charge is -2.04. The van der Waals surface area contributed by atoms with Gasteiger partial charge in [0.05, 0.1) is 0 Å². The lowest BCUT2D eigenvalue weighted by molar-refractivity contribution is 0.426. The molecule has 6 heteroatoms. The Morgan fingerprint density at radius 3 is 2.42 bits per heavy atom. The molecule has 1 heterocycles. The van der Waals surface area contributed by atoms with Crippen molar-refractivity contribution in [2.24, 2.45) is 0 Å². The van der Waals surface area contributed by atoms with Gasteiger partial charge in [-0.15, -0.1) is 0 Å². The van der Waals surface area contributed by atoms with Crippen LogP contribution in [0.4, 0.5) is 0 Å². The summed E-state index contributed by atoms with van der Waals surface area (Å²) >= 11 is 0. The summed E-state index contributed by atoms with van der Waals surface area (Å²) in [6.07, 6.45) is 0. The average molecular weight is 300 g/mol. The minimum atomic E-state index is -3.61. The molecule has 0 unspecified atom stereocenters. The second kappa shape index (κ2) is 5.35. The van der Waals surface area contributed by atoms with Crippen molar-refractivity contribution < 1.29 is 12.9 Å². The van der Waals surface area contributed by atoms with Crippen LogP contribution < -0.4 is 0 Å². The summed E-state index contributed by atoms with van der Waals surface area (Å²) in [7, 11) is 1.55. The third kappa shape index (κ3) is 3.81. The summed E-state index contributed by atoms with van der Waals surface area (Å²) in [6, 6.07) is 9.47. The van der Waals surface area contributed by atoms with Crippen molar-refractivity contribution in [1.82, 2.24) is 5.16 Å². The largest absolute Gasteiger partial charge is 0.356 e. The zero-order valence-corrected chi connectivity index (χ0v) is 12.2. The molecule has 0 aliphatic carbocycles. The summed E-state index contributed by atoms with van der Waals surface area (Å²) in [6.45, 7) is 4.24. The topological polar surface area (TPSA) is 60.2 Å². The minimum Gasteiger partial charge on any atom is -0.356 e. The van der Waals surface area contributed by atoms with Gasteiger partial charge >= 0.3 is 0 Å². The number of nitrogens with zero attached hydrogens (tertiary/aromatic N) is 1. The predicted molar refractivity (Wildman–Crippen MR) is 74.5 cm³/mol. The Morgan fingerprint density at radius 2 is 1.89 bits per heavy atom. The highest BCUT2D eigenvalue weighted by molar-refractivity contribution is 8.13. The van der Waals surface area contributed by atoms with Gasteiger partial charge < -0.3 is 4.52 Å². The monoisotopic (exact) mass is 299 g/mol. The maximum Gasteiger partial charge on any atom is 0.238 e. The molecule has 1 aromatic carbocycles. The fraction of sp³-hybridized carbons (Fsp3) is 0.308. The van der Waals surface area contributed by atoms with Crippen LogP contribution in [-0.2, 0) is 14.8 Å². The molecule has 102 valence electrons. The van der Waals surface area contributed by atoms with Gasteiger partial charge in [-0.25, -0.2) is 8.42 Å². The van der Waals surface area contributed by atoms with Crippen LogP contribution in [0.15, 0.2) is 34.9 Å². The molecule has 0 fully saturated rings. The van der Waals surface area contributed by atoms with Crippen LogP contribution in [0, 0.1) is 0 Å². The molecular weight excluding hydrogens is 286 g/mol. The molecule has 0 N–H and O–H groups in total. The molecule has 19 heavy (non-hydrogen) atoms. The molecule has 4 nitrogen and oxygen atoms in total. The Morgan fingerprint density at radius 1 is 1.26 bits per heavy atom. The van der Waals surface area contributed by atoms with E-state index in [0.29, 0.717) is 17.4 Å². The third-order valence-electron chi connectivity index (χ3n) is 2.74. The van der Waals surface area contributed by atoms with E-state index in [-0.39, 0.29) is 5.75 Å².